The number of carbonyl (C=O) groups is 1. The Kier molecular flexibility index (Phi) is 4.26. The van der Waals surface area contributed by atoms with Crippen molar-refractivity contribution in [3.05, 3.63) is 29.3 Å². The van der Waals surface area contributed by atoms with Crippen LogP contribution in [0.3, 0.4) is 0 Å². The Morgan fingerprint density at radius 2 is 1.84 bits per heavy atom. The van der Waals surface area contributed by atoms with Gasteiger partial charge in [-0.1, -0.05) is 6.07 Å². The number of aryl methyl sites for hydroxylation is 1. The van der Waals surface area contributed by atoms with Gasteiger partial charge < -0.3 is 5.11 Å². The highest BCUT2D eigenvalue weighted by Gasteiger charge is 2.32. The van der Waals surface area contributed by atoms with Crippen molar-refractivity contribution >= 4 is 16.0 Å². The highest BCUT2D eigenvalue weighted by atomic mass is 32.2. The molecule has 1 aromatic carbocycles. The molecule has 19 heavy (non-hydrogen) atoms. The average Bonchev–Trinajstić information content (AvgIpc) is 2.33. The van der Waals surface area contributed by atoms with E-state index in [-0.39, 0.29) is 5.56 Å². The summed E-state index contributed by atoms with van der Waals surface area (Å²) in [5.41, 5.74) is -0.0367. The van der Waals surface area contributed by atoms with Crippen LogP contribution in [0.15, 0.2) is 17.0 Å². The lowest BCUT2D eigenvalue weighted by Gasteiger charge is -2.21. The topological polar surface area (TPSA) is 74.7 Å². The van der Waals surface area contributed by atoms with Crippen molar-refractivity contribution in [2.75, 3.05) is 7.05 Å². The lowest BCUT2D eigenvalue weighted by Crippen LogP contribution is -2.40. The highest BCUT2D eigenvalue weighted by molar-refractivity contribution is 7.89. The van der Waals surface area contributed by atoms with Crippen LogP contribution in [0.2, 0.25) is 0 Å². The summed E-state index contributed by atoms with van der Waals surface area (Å²) in [5, 5.41) is 8.76. The first-order valence-corrected chi connectivity index (χ1v) is 6.70. The van der Waals surface area contributed by atoms with E-state index in [4.69, 9.17) is 5.11 Å². The van der Waals surface area contributed by atoms with Crippen molar-refractivity contribution in [2.24, 2.45) is 0 Å². The van der Waals surface area contributed by atoms with Crippen molar-refractivity contribution in [2.45, 2.75) is 24.8 Å². The number of rotatable bonds is 4. The van der Waals surface area contributed by atoms with E-state index in [2.05, 4.69) is 0 Å². The zero-order valence-corrected chi connectivity index (χ0v) is 11.3. The molecule has 106 valence electrons. The molecule has 5 nitrogen and oxygen atoms in total. The van der Waals surface area contributed by atoms with Crippen LogP contribution in [0.5, 0.6) is 0 Å². The maximum Gasteiger partial charge on any atom is 0.321 e. The summed E-state index contributed by atoms with van der Waals surface area (Å²) < 4.78 is 51.5. The molecule has 0 amide bonds. The third-order valence-electron chi connectivity index (χ3n) is 2.80. The number of aliphatic carboxylic acids is 1. The molecule has 1 N–H and O–H groups in total. The number of nitrogens with zero attached hydrogens (tertiary/aromatic N) is 1. The van der Waals surface area contributed by atoms with E-state index in [0.717, 1.165) is 26.1 Å². The summed E-state index contributed by atoms with van der Waals surface area (Å²) in [5.74, 6) is -4.17. The van der Waals surface area contributed by atoms with E-state index in [1.165, 1.54) is 6.92 Å². The number of carboxylic acid groups (broad SMARTS) is 1. The highest BCUT2D eigenvalue weighted by Crippen LogP contribution is 2.23. The molecule has 0 bridgehead atoms. The SMILES string of the molecule is Cc1ccc(S(=O)(=O)N(C)C(C)C(=O)O)c(F)c1F. The van der Waals surface area contributed by atoms with E-state index in [9.17, 15) is 22.0 Å². The van der Waals surface area contributed by atoms with Crippen LogP contribution in [0, 0.1) is 18.6 Å². The first-order valence-electron chi connectivity index (χ1n) is 5.26. The van der Waals surface area contributed by atoms with Gasteiger partial charge in [0.1, 0.15) is 10.9 Å². The summed E-state index contributed by atoms with van der Waals surface area (Å²) >= 11 is 0. The van der Waals surface area contributed by atoms with E-state index in [0.29, 0.717) is 4.31 Å². The van der Waals surface area contributed by atoms with Gasteiger partial charge in [0, 0.05) is 7.05 Å². The van der Waals surface area contributed by atoms with E-state index >= 15 is 0 Å². The summed E-state index contributed by atoms with van der Waals surface area (Å²) in [4.78, 5) is 9.87. The molecular weight excluding hydrogens is 280 g/mol. The van der Waals surface area contributed by atoms with Crippen molar-refractivity contribution in [1.82, 2.24) is 4.31 Å². The molecule has 0 aromatic heterocycles. The fourth-order valence-electron chi connectivity index (χ4n) is 1.35. The number of sulfonamides is 1. The number of likely N-dealkylation sites (N-methyl/N-ethyl adjacent to an activating group) is 1. The van der Waals surface area contributed by atoms with E-state index in [1.54, 1.807) is 0 Å². The Morgan fingerprint density at radius 1 is 1.32 bits per heavy atom. The minimum absolute atomic E-state index is 0.0367. The maximum atomic E-state index is 13.7. The molecule has 1 atom stereocenters. The predicted molar refractivity (Wildman–Crippen MR) is 63.1 cm³/mol. The van der Waals surface area contributed by atoms with Gasteiger partial charge in [-0.25, -0.2) is 17.2 Å². The average molecular weight is 293 g/mol. The summed E-state index contributed by atoms with van der Waals surface area (Å²) in [7, 11) is -3.42. The number of hydrogen-bond acceptors (Lipinski definition) is 3. The second-order valence-electron chi connectivity index (χ2n) is 4.04. The largest absolute Gasteiger partial charge is 0.480 e. The van der Waals surface area contributed by atoms with Crippen molar-refractivity contribution in [1.29, 1.82) is 0 Å². The predicted octanol–water partition coefficient (Wildman–Crippen LogP) is 1.37. The molecule has 8 heteroatoms. The Labute approximate surface area is 109 Å². The van der Waals surface area contributed by atoms with Gasteiger partial charge in [-0.2, -0.15) is 4.31 Å². The van der Waals surface area contributed by atoms with Crippen LogP contribution in [0.4, 0.5) is 8.78 Å². The number of hydrogen-bond donors (Lipinski definition) is 1. The molecule has 0 aliphatic carbocycles. The minimum atomic E-state index is -4.42. The van der Waals surface area contributed by atoms with Crippen molar-refractivity contribution < 1.29 is 27.1 Å². The van der Waals surface area contributed by atoms with Crippen LogP contribution in [0.1, 0.15) is 12.5 Å². The number of halogens is 2. The number of benzene rings is 1. The van der Waals surface area contributed by atoms with Crippen LogP contribution < -0.4 is 0 Å². The van der Waals surface area contributed by atoms with Crippen molar-refractivity contribution in [3.63, 3.8) is 0 Å². The molecule has 1 aromatic rings. The molecule has 1 rings (SSSR count). The van der Waals surface area contributed by atoms with Gasteiger partial charge in [0.05, 0.1) is 0 Å². The molecule has 0 fully saturated rings. The molecule has 0 spiro atoms. The second-order valence-corrected chi connectivity index (χ2v) is 6.01. The van der Waals surface area contributed by atoms with E-state index < -0.39 is 38.6 Å². The molecule has 0 saturated heterocycles. The fourth-order valence-corrected chi connectivity index (χ4v) is 2.72. The van der Waals surface area contributed by atoms with E-state index in [1.807, 2.05) is 0 Å². The fraction of sp³-hybridized carbons (Fsp3) is 0.364. The number of carboxylic acids is 1. The third-order valence-corrected chi connectivity index (χ3v) is 4.75. The summed E-state index contributed by atoms with van der Waals surface area (Å²) in [6, 6.07) is 0.632. The zero-order valence-electron chi connectivity index (χ0n) is 10.5. The normalized spacial score (nSPS) is 13.6. The molecule has 0 heterocycles. The smallest absolute Gasteiger partial charge is 0.321 e. The molecule has 0 aliphatic heterocycles. The Balaban J connectivity index is 3.37. The Bertz CT molecular complexity index is 615. The lowest BCUT2D eigenvalue weighted by atomic mass is 10.2. The second kappa shape index (κ2) is 5.22. The standard InChI is InChI=1S/C11H13F2NO4S/c1-6-4-5-8(10(13)9(6)12)19(17,18)14(3)7(2)11(15)16/h4-5,7H,1-3H3,(H,15,16). The Morgan fingerprint density at radius 3 is 2.32 bits per heavy atom. The zero-order chi connectivity index (χ0) is 15.0. The molecular formula is C11H13F2NO4S. The van der Waals surface area contributed by atoms with Crippen LogP contribution in [0.25, 0.3) is 0 Å². The maximum absolute atomic E-state index is 13.7. The van der Waals surface area contributed by atoms with Gasteiger partial charge in [0.2, 0.25) is 10.0 Å². The monoisotopic (exact) mass is 293 g/mol. The quantitative estimate of drug-likeness (QED) is 0.909. The molecule has 0 saturated carbocycles. The minimum Gasteiger partial charge on any atom is -0.480 e. The first kappa shape index (κ1) is 15.5. The van der Waals surface area contributed by atoms with Crippen LogP contribution in [-0.4, -0.2) is 36.9 Å². The van der Waals surface area contributed by atoms with Gasteiger partial charge in [-0.05, 0) is 25.5 Å². The van der Waals surface area contributed by atoms with Gasteiger partial charge in [0.15, 0.2) is 11.6 Å². The van der Waals surface area contributed by atoms with Crippen molar-refractivity contribution in [3.8, 4) is 0 Å². The van der Waals surface area contributed by atoms with Crippen LogP contribution in [-0.2, 0) is 14.8 Å². The van der Waals surface area contributed by atoms with Crippen LogP contribution >= 0.6 is 0 Å². The van der Waals surface area contributed by atoms with Gasteiger partial charge in [-0.3, -0.25) is 4.79 Å². The molecule has 0 aliphatic rings. The lowest BCUT2D eigenvalue weighted by molar-refractivity contribution is -0.140. The summed E-state index contributed by atoms with van der Waals surface area (Å²) in [6.07, 6.45) is 0. The van der Waals surface area contributed by atoms with Gasteiger partial charge >= 0.3 is 5.97 Å². The van der Waals surface area contributed by atoms with Gasteiger partial charge in [-0.15, -0.1) is 0 Å². The third kappa shape index (κ3) is 2.74. The molecule has 1 unspecified atom stereocenters. The first-order chi connectivity index (χ1) is 8.60. The van der Waals surface area contributed by atoms with Gasteiger partial charge in [0.25, 0.3) is 0 Å². The Hall–Kier alpha value is -1.54. The molecule has 0 radical (unpaired) electrons. The summed E-state index contributed by atoms with van der Waals surface area (Å²) in [6.45, 7) is 2.42.